The van der Waals surface area contributed by atoms with Crippen LogP contribution >= 0.6 is 0 Å². The molecule has 4 heteroatoms. The van der Waals surface area contributed by atoms with Crippen molar-refractivity contribution in [3.63, 3.8) is 0 Å². The van der Waals surface area contributed by atoms with Crippen molar-refractivity contribution in [1.82, 2.24) is 15.0 Å². The van der Waals surface area contributed by atoms with Gasteiger partial charge in [-0.15, -0.1) is 0 Å². The van der Waals surface area contributed by atoms with E-state index in [4.69, 9.17) is 14.4 Å². The summed E-state index contributed by atoms with van der Waals surface area (Å²) in [6, 6.07) is 47.9. The molecule has 5 aromatic carbocycles. The molecule has 0 bridgehead atoms. The molecule has 0 aliphatic rings. The third kappa shape index (κ3) is 4.75. The van der Waals surface area contributed by atoms with Crippen LogP contribution in [0.2, 0.25) is 0 Å². The molecule has 0 amide bonds. The second kappa shape index (κ2) is 10.5. The Morgan fingerprint density at radius 2 is 1.02 bits per heavy atom. The van der Waals surface area contributed by atoms with Crippen molar-refractivity contribution in [3.05, 3.63) is 152 Å². The van der Waals surface area contributed by atoms with Crippen LogP contribution in [0.5, 0.6) is 0 Å². The van der Waals surface area contributed by atoms with Crippen molar-refractivity contribution in [2.45, 2.75) is 0 Å². The summed E-state index contributed by atoms with van der Waals surface area (Å²) in [4.78, 5) is 14.4. The molecule has 4 nitrogen and oxygen atoms in total. The molecule has 3 heterocycles. The van der Waals surface area contributed by atoms with Crippen molar-refractivity contribution in [1.29, 1.82) is 0 Å². The molecule has 8 aromatic rings. The Morgan fingerprint density at radius 1 is 0.395 bits per heavy atom. The topological polar surface area (TPSA) is 51.8 Å². The minimum Gasteiger partial charge on any atom is -0.456 e. The first-order valence-corrected chi connectivity index (χ1v) is 14.3. The van der Waals surface area contributed by atoms with Crippen LogP contribution in [0.1, 0.15) is 0 Å². The van der Waals surface area contributed by atoms with Gasteiger partial charge in [0.2, 0.25) is 0 Å². The highest BCUT2D eigenvalue weighted by atomic mass is 16.3. The van der Waals surface area contributed by atoms with Gasteiger partial charge in [0.1, 0.15) is 11.2 Å². The fourth-order valence-electron chi connectivity index (χ4n) is 5.62. The van der Waals surface area contributed by atoms with Gasteiger partial charge in [0.15, 0.2) is 5.82 Å². The number of furan rings is 1. The van der Waals surface area contributed by atoms with Gasteiger partial charge < -0.3 is 4.42 Å². The lowest BCUT2D eigenvalue weighted by Gasteiger charge is -2.13. The molecule has 0 saturated carbocycles. The summed E-state index contributed by atoms with van der Waals surface area (Å²) in [5, 5.41) is 2.22. The number of para-hydroxylation sites is 1. The van der Waals surface area contributed by atoms with Crippen molar-refractivity contribution >= 4 is 21.9 Å². The Bertz CT molecular complexity index is 2170. The third-order valence-corrected chi connectivity index (χ3v) is 7.76. The molecule has 8 rings (SSSR count). The molecular weight excluding hydrogens is 526 g/mol. The zero-order valence-electron chi connectivity index (χ0n) is 23.2. The van der Waals surface area contributed by atoms with E-state index in [9.17, 15) is 0 Å². The predicted octanol–water partition coefficient (Wildman–Crippen LogP) is 10.1. The molecule has 3 aromatic heterocycles. The molecule has 43 heavy (non-hydrogen) atoms. The summed E-state index contributed by atoms with van der Waals surface area (Å²) in [6.07, 6.45) is 3.62. The van der Waals surface area contributed by atoms with E-state index in [2.05, 4.69) is 83.8 Å². The van der Waals surface area contributed by atoms with Gasteiger partial charge in [0, 0.05) is 39.9 Å². The van der Waals surface area contributed by atoms with Crippen molar-refractivity contribution < 1.29 is 4.42 Å². The predicted molar refractivity (Wildman–Crippen MR) is 174 cm³/mol. The van der Waals surface area contributed by atoms with Crippen LogP contribution in [0.25, 0.3) is 78.1 Å². The Hall–Kier alpha value is -5.87. The first-order chi connectivity index (χ1) is 21.3. The van der Waals surface area contributed by atoms with Crippen LogP contribution in [0, 0.1) is 0 Å². The highest BCUT2D eigenvalue weighted by molar-refractivity contribution is 6.06. The van der Waals surface area contributed by atoms with Gasteiger partial charge in [0.25, 0.3) is 0 Å². The smallest absolute Gasteiger partial charge is 0.160 e. The van der Waals surface area contributed by atoms with E-state index < -0.39 is 0 Å². The van der Waals surface area contributed by atoms with Crippen molar-refractivity contribution in [2.24, 2.45) is 0 Å². The fourth-order valence-corrected chi connectivity index (χ4v) is 5.62. The van der Waals surface area contributed by atoms with E-state index in [1.165, 1.54) is 0 Å². The van der Waals surface area contributed by atoms with Crippen LogP contribution in [0.3, 0.4) is 0 Å². The normalized spacial score (nSPS) is 11.3. The lowest BCUT2D eigenvalue weighted by Crippen LogP contribution is -1.96. The van der Waals surface area contributed by atoms with E-state index in [-0.39, 0.29) is 0 Å². The minimum atomic E-state index is 0.676. The zero-order chi connectivity index (χ0) is 28.6. The second-order valence-corrected chi connectivity index (χ2v) is 10.5. The van der Waals surface area contributed by atoms with E-state index in [1.807, 2.05) is 66.9 Å². The number of benzene rings is 5. The van der Waals surface area contributed by atoms with Crippen LogP contribution in [0.4, 0.5) is 0 Å². The number of hydrogen-bond donors (Lipinski definition) is 0. The molecule has 0 spiro atoms. The van der Waals surface area contributed by atoms with Gasteiger partial charge in [-0.3, -0.25) is 4.98 Å². The Balaban J connectivity index is 1.35. The SMILES string of the molecule is c1ccc(-c2cc(-c3ccc4oc5ccccc5c4c3)cc(-c3cc(-c4cccnc4)nc(-c4ccccc4)n3)c2)cc1. The number of rotatable bonds is 5. The highest BCUT2D eigenvalue weighted by Crippen LogP contribution is 2.37. The first-order valence-electron chi connectivity index (χ1n) is 14.3. The maximum atomic E-state index is 6.12. The summed E-state index contributed by atoms with van der Waals surface area (Å²) < 4.78 is 6.12. The maximum absolute atomic E-state index is 6.12. The Kier molecular flexibility index (Phi) is 6.08. The largest absolute Gasteiger partial charge is 0.456 e. The van der Waals surface area contributed by atoms with Gasteiger partial charge >= 0.3 is 0 Å². The summed E-state index contributed by atoms with van der Waals surface area (Å²) in [7, 11) is 0. The molecular formula is C39H25N3O. The minimum absolute atomic E-state index is 0.676. The average Bonchev–Trinajstić information content (AvgIpc) is 3.47. The van der Waals surface area contributed by atoms with Gasteiger partial charge in [-0.1, -0.05) is 84.9 Å². The molecule has 0 radical (unpaired) electrons. The maximum Gasteiger partial charge on any atom is 0.160 e. The zero-order valence-corrected chi connectivity index (χ0v) is 23.2. The Morgan fingerprint density at radius 3 is 1.79 bits per heavy atom. The van der Waals surface area contributed by atoms with Crippen LogP contribution in [0.15, 0.2) is 156 Å². The molecule has 0 aliphatic heterocycles. The number of fused-ring (bicyclic) bond motifs is 3. The number of nitrogens with zero attached hydrogens (tertiary/aromatic N) is 3. The van der Waals surface area contributed by atoms with E-state index in [0.29, 0.717) is 5.82 Å². The van der Waals surface area contributed by atoms with E-state index >= 15 is 0 Å². The van der Waals surface area contributed by atoms with Crippen LogP contribution in [-0.4, -0.2) is 15.0 Å². The lowest BCUT2D eigenvalue weighted by molar-refractivity contribution is 0.669. The molecule has 0 atom stereocenters. The molecule has 0 fully saturated rings. The summed E-state index contributed by atoms with van der Waals surface area (Å²) in [5.74, 6) is 0.676. The number of pyridine rings is 1. The van der Waals surface area contributed by atoms with E-state index in [1.54, 1.807) is 6.20 Å². The number of aromatic nitrogens is 3. The highest BCUT2D eigenvalue weighted by Gasteiger charge is 2.15. The molecule has 0 unspecified atom stereocenters. The lowest BCUT2D eigenvalue weighted by atomic mass is 9.94. The van der Waals surface area contributed by atoms with E-state index in [0.717, 1.165) is 72.3 Å². The van der Waals surface area contributed by atoms with Gasteiger partial charge in [-0.05, 0) is 76.9 Å². The number of hydrogen-bond acceptors (Lipinski definition) is 4. The summed E-state index contributed by atoms with van der Waals surface area (Å²) in [6.45, 7) is 0. The van der Waals surface area contributed by atoms with Gasteiger partial charge in [-0.2, -0.15) is 0 Å². The average molecular weight is 552 g/mol. The fraction of sp³-hybridized carbons (Fsp3) is 0. The van der Waals surface area contributed by atoms with Crippen LogP contribution in [-0.2, 0) is 0 Å². The quantitative estimate of drug-likeness (QED) is 0.214. The molecule has 202 valence electrons. The Labute approximate surface area is 249 Å². The standard InChI is InChI=1S/C39H25N3O/c1-3-10-26(11-4-1)30-20-31(28-17-18-38-34(23-28)33-15-7-8-16-37(33)43-38)22-32(21-30)36-24-35(29-14-9-19-40-25-29)41-39(42-36)27-12-5-2-6-13-27/h1-25H. The van der Waals surface area contributed by atoms with Crippen LogP contribution < -0.4 is 0 Å². The second-order valence-electron chi connectivity index (χ2n) is 10.5. The summed E-state index contributed by atoms with van der Waals surface area (Å²) >= 11 is 0. The monoisotopic (exact) mass is 551 g/mol. The summed E-state index contributed by atoms with van der Waals surface area (Å²) in [5.41, 5.74) is 10.9. The van der Waals surface area contributed by atoms with Crippen molar-refractivity contribution in [3.8, 4) is 56.2 Å². The third-order valence-electron chi connectivity index (χ3n) is 7.76. The molecule has 0 saturated heterocycles. The van der Waals surface area contributed by atoms with Gasteiger partial charge in [-0.25, -0.2) is 9.97 Å². The van der Waals surface area contributed by atoms with Crippen molar-refractivity contribution in [2.75, 3.05) is 0 Å². The van der Waals surface area contributed by atoms with Gasteiger partial charge in [0.05, 0.1) is 11.4 Å². The molecule has 0 N–H and O–H groups in total. The first kappa shape index (κ1) is 24.9. The molecule has 0 aliphatic carbocycles.